The zero-order valence-corrected chi connectivity index (χ0v) is 12.3. The maximum atomic E-state index is 12.0. The summed E-state index contributed by atoms with van der Waals surface area (Å²) < 4.78 is 31.0. The van der Waals surface area contributed by atoms with Crippen LogP contribution in [-0.4, -0.2) is 21.0 Å². The van der Waals surface area contributed by atoms with Crippen LogP contribution in [0, 0.1) is 6.92 Å². The van der Waals surface area contributed by atoms with Crippen LogP contribution in [0.1, 0.15) is 11.3 Å². The normalized spacial score (nSPS) is 11.1. The van der Waals surface area contributed by atoms with Gasteiger partial charge in [0.1, 0.15) is 5.76 Å². The Balaban J connectivity index is 1.87. The van der Waals surface area contributed by atoms with E-state index in [2.05, 4.69) is 5.32 Å². The predicted octanol–water partition coefficient (Wildman–Crippen LogP) is 1.82. The number of sulfonamides is 1. The molecule has 6 nitrogen and oxygen atoms in total. The molecule has 2 N–H and O–H groups in total. The van der Waals surface area contributed by atoms with E-state index in [0.29, 0.717) is 6.42 Å². The summed E-state index contributed by atoms with van der Waals surface area (Å²) in [5, 5.41) is 2.47. The van der Waals surface area contributed by atoms with Crippen LogP contribution >= 0.6 is 0 Å². The SMILES string of the molecule is Cc1ccc(S(=O)(=O)NC(=O)NCCc2ccco2)cc1. The van der Waals surface area contributed by atoms with Crippen LogP contribution in [0.3, 0.4) is 0 Å². The molecule has 0 saturated carbocycles. The van der Waals surface area contributed by atoms with Gasteiger partial charge in [-0.1, -0.05) is 17.7 Å². The van der Waals surface area contributed by atoms with Crippen LogP contribution < -0.4 is 10.0 Å². The number of urea groups is 1. The third kappa shape index (κ3) is 4.35. The summed E-state index contributed by atoms with van der Waals surface area (Å²) >= 11 is 0. The Labute approximate surface area is 123 Å². The molecule has 1 aromatic carbocycles. The molecule has 0 atom stereocenters. The molecule has 0 aliphatic carbocycles. The van der Waals surface area contributed by atoms with Gasteiger partial charge in [-0.3, -0.25) is 0 Å². The first-order chi connectivity index (χ1) is 9.97. The fourth-order valence-electron chi connectivity index (χ4n) is 1.69. The highest BCUT2D eigenvalue weighted by molar-refractivity contribution is 7.90. The van der Waals surface area contributed by atoms with Crippen LogP contribution in [0.25, 0.3) is 0 Å². The lowest BCUT2D eigenvalue weighted by atomic mass is 10.2. The van der Waals surface area contributed by atoms with Crippen molar-refractivity contribution in [1.29, 1.82) is 0 Å². The van der Waals surface area contributed by atoms with Gasteiger partial charge in [0.25, 0.3) is 10.0 Å². The number of rotatable bonds is 5. The van der Waals surface area contributed by atoms with Crippen molar-refractivity contribution in [2.24, 2.45) is 0 Å². The number of furan rings is 1. The number of nitrogens with one attached hydrogen (secondary N) is 2. The second-order valence-electron chi connectivity index (χ2n) is 4.50. The average molecular weight is 308 g/mol. The maximum Gasteiger partial charge on any atom is 0.328 e. The molecule has 0 aliphatic heterocycles. The Kier molecular flexibility index (Phi) is 4.64. The summed E-state index contributed by atoms with van der Waals surface area (Å²) in [6.45, 7) is 2.13. The number of amides is 2. The molecule has 0 aliphatic rings. The van der Waals surface area contributed by atoms with Crippen molar-refractivity contribution in [1.82, 2.24) is 10.0 Å². The number of aryl methyl sites for hydroxylation is 1. The van der Waals surface area contributed by atoms with E-state index in [1.54, 1.807) is 24.3 Å². The van der Waals surface area contributed by atoms with Gasteiger partial charge in [-0.15, -0.1) is 0 Å². The van der Waals surface area contributed by atoms with Crippen LogP contribution in [0.5, 0.6) is 0 Å². The zero-order valence-electron chi connectivity index (χ0n) is 11.5. The monoisotopic (exact) mass is 308 g/mol. The lowest BCUT2D eigenvalue weighted by Gasteiger charge is -2.08. The number of hydrogen-bond acceptors (Lipinski definition) is 4. The molecule has 0 spiro atoms. The largest absolute Gasteiger partial charge is 0.469 e. The van der Waals surface area contributed by atoms with E-state index in [9.17, 15) is 13.2 Å². The molecule has 7 heteroatoms. The second-order valence-corrected chi connectivity index (χ2v) is 6.19. The van der Waals surface area contributed by atoms with Gasteiger partial charge in [-0.25, -0.2) is 17.9 Å². The average Bonchev–Trinajstić information content (AvgIpc) is 2.92. The fourth-order valence-corrected chi connectivity index (χ4v) is 2.62. The van der Waals surface area contributed by atoms with Crippen molar-refractivity contribution in [2.75, 3.05) is 6.54 Å². The Morgan fingerprint density at radius 1 is 1.19 bits per heavy atom. The van der Waals surface area contributed by atoms with Gasteiger partial charge in [0.2, 0.25) is 0 Å². The van der Waals surface area contributed by atoms with Crippen LogP contribution in [0.4, 0.5) is 4.79 Å². The van der Waals surface area contributed by atoms with Gasteiger partial charge < -0.3 is 9.73 Å². The minimum Gasteiger partial charge on any atom is -0.469 e. The second kappa shape index (κ2) is 6.45. The maximum absolute atomic E-state index is 12.0. The molecule has 2 rings (SSSR count). The van der Waals surface area contributed by atoms with Crippen molar-refractivity contribution in [3.63, 3.8) is 0 Å². The minimum atomic E-state index is -3.85. The number of benzene rings is 1. The topological polar surface area (TPSA) is 88.4 Å². The molecular weight excluding hydrogens is 292 g/mol. The highest BCUT2D eigenvalue weighted by Crippen LogP contribution is 2.09. The molecule has 0 radical (unpaired) electrons. The Morgan fingerprint density at radius 3 is 2.52 bits per heavy atom. The van der Waals surface area contributed by atoms with Gasteiger partial charge in [-0.2, -0.15) is 0 Å². The summed E-state index contributed by atoms with van der Waals surface area (Å²) in [7, 11) is -3.85. The molecule has 0 bridgehead atoms. The van der Waals surface area contributed by atoms with Crippen molar-refractivity contribution >= 4 is 16.1 Å². The Bertz CT molecular complexity index is 691. The molecule has 112 valence electrons. The van der Waals surface area contributed by atoms with Crippen LogP contribution in [0.15, 0.2) is 52.0 Å². The van der Waals surface area contributed by atoms with E-state index in [1.807, 2.05) is 11.6 Å². The molecule has 2 aromatic rings. The van der Waals surface area contributed by atoms with Gasteiger partial charge >= 0.3 is 6.03 Å². The lowest BCUT2D eigenvalue weighted by molar-refractivity contribution is 0.246. The first-order valence-corrected chi connectivity index (χ1v) is 7.85. The van der Waals surface area contributed by atoms with E-state index in [-0.39, 0.29) is 11.4 Å². The quantitative estimate of drug-likeness (QED) is 0.882. The fraction of sp³-hybridized carbons (Fsp3) is 0.214. The molecule has 0 fully saturated rings. The van der Waals surface area contributed by atoms with E-state index in [1.165, 1.54) is 18.4 Å². The summed E-state index contributed by atoms with van der Waals surface area (Å²) in [6, 6.07) is 9.01. The van der Waals surface area contributed by atoms with E-state index < -0.39 is 16.1 Å². The Morgan fingerprint density at radius 2 is 1.90 bits per heavy atom. The molecule has 21 heavy (non-hydrogen) atoms. The van der Waals surface area contributed by atoms with Crippen molar-refractivity contribution < 1.29 is 17.6 Å². The third-order valence-corrected chi connectivity index (χ3v) is 4.14. The molecular formula is C14H16N2O4S. The summed E-state index contributed by atoms with van der Waals surface area (Å²) in [6.07, 6.45) is 2.03. The molecule has 0 saturated heterocycles. The lowest BCUT2D eigenvalue weighted by Crippen LogP contribution is -2.40. The van der Waals surface area contributed by atoms with Crippen LogP contribution in [0.2, 0.25) is 0 Å². The zero-order chi connectivity index (χ0) is 15.3. The van der Waals surface area contributed by atoms with Gasteiger partial charge in [0, 0.05) is 13.0 Å². The van der Waals surface area contributed by atoms with E-state index >= 15 is 0 Å². The third-order valence-electron chi connectivity index (χ3n) is 2.80. The summed E-state index contributed by atoms with van der Waals surface area (Å²) in [5.41, 5.74) is 0.942. The summed E-state index contributed by atoms with van der Waals surface area (Å²) in [4.78, 5) is 11.6. The minimum absolute atomic E-state index is 0.0503. The highest BCUT2D eigenvalue weighted by atomic mass is 32.2. The Hall–Kier alpha value is -2.28. The van der Waals surface area contributed by atoms with E-state index in [4.69, 9.17) is 4.42 Å². The predicted molar refractivity (Wildman–Crippen MR) is 77.3 cm³/mol. The first-order valence-electron chi connectivity index (χ1n) is 6.37. The number of carbonyl (C=O) groups excluding carboxylic acids is 1. The van der Waals surface area contributed by atoms with Gasteiger partial charge in [0.05, 0.1) is 11.2 Å². The van der Waals surface area contributed by atoms with Gasteiger partial charge in [-0.05, 0) is 31.2 Å². The standard InChI is InChI=1S/C14H16N2O4S/c1-11-4-6-13(7-5-11)21(18,19)16-14(17)15-9-8-12-3-2-10-20-12/h2-7,10H,8-9H2,1H3,(H2,15,16,17). The van der Waals surface area contributed by atoms with E-state index in [0.717, 1.165) is 11.3 Å². The first kappa shape index (κ1) is 15.1. The molecule has 2 amide bonds. The molecule has 1 aromatic heterocycles. The van der Waals surface area contributed by atoms with Gasteiger partial charge in [0.15, 0.2) is 0 Å². The van der Waals surface area contributed by atoms with Crippen LogP contribution in [-0.2, 0) is 16.4 Å². The van der Waals surface area contributed by atoms with Crippen molar-refractivity contribution in [3.8, 4) is 0 Å². The molecule has 1 heterocycles. The molecule has 0 unspecified atom stereocenters. The number of carbonyl (C=O) groups is 1. The highest BCUT2D eigenvalue weighted by Gasteiger charge is 2.16. The number of hydrogen-bond donors (Lipinski definition) is 2. The van der Waals surface area contributed by atoms with Crippen molar-refractivity contribution in [3.05, 3.63) is 54.0 Å². The smallest absolute Gasteiger partial charge is 0.328 e. The van der Waals surface area contributed by atoms with Crippen molar-refractivity contribution in [2.45, 2.75) is 18.2 Å². The summed E-state index contributed by atoms with van der Waals surface area (Å²) in [5.74, 6) is 0.719.